The van der Waals surface area contributed by atoms with E-state index in [4.69, 9.17) is 10.8 Å². The molecule has 0 heterocycles. The monoisotopic (exact) mass is 262 g/mol. The summed E-state index contributed by atoms with van der Waals surface area (Å²) in [6.07, 6.45) is 1.64. The molecule has 2 unspecified atom stereocenters. The molecular weight excluding hydrogens is 236 g/mol. The Bertz CT molecular complexity index is 237. The highest BCUT2D eigenvalue weighted by Gasteiger charge is 2.30. The van der Waals surface area contributed by atoms with Crippen molar-refractivity contribution in [2.24, 2.45) is 5.73 Å². The highest BCUT2D eigenvalue weighted by atomic mass is 32.2. The molecule has 0 rings (SSSR count). The number of aliphatic hydroxyl groups is 1. The van der Waals surface area contributed by atoms with Crippen LogP contribution in [-0.4, -0.2) is 40.2 Å². The fraction of sp³-hybridized carbons (Fsp3) is 0.917. The highest BCUT2D eigenvalue weighted by Crippen LogP contribution is 2.18. The Morgan fingerprint density at radius 2 is 2.06 bits per heavy atom. The molecule has 0 radical (unpaired) electrons. The fourth-order valence-electron chi connectivity index (χ4n) is 1.67. The summed E-state index contributed by atoms with van der Waals surface area (Å²) in [4.78, 5) is 11.5. The van der Waals surface area contributed by atoms with E-state index in [0.29, 0.717) is 0 Å². The number of amides is 1. The maximum absolute atomic E-state index is 11.5. The minimum Gasteiger partial charge on any atom is -0.395 e. The van der Waals surface area contributed by atoms with Crippen LogP contribution in [0.5, 0.6) is 0 Å². The first-order chi connectivity index (χ1) is 7.81. The Kier molecular flexibility index (Phi) is 7.83. The van der Waals surface area contributed by atoms with Gasteiger partial charge in [-0.3, -0.25) is 4.79 Å². The third-order valence-corrected chi connectivity index (χ3v) is 3.87. The Morgan fingerprint density at radius 1 is 1.47 bits per heavy atom. The molecule has 0 aromatic rings. The third kappa shape index (κ3) is 6.91. The van der Waals surface area contributed by atoms with Crippen molar-refractivity contribution < 1.29 is 9.90 Å². The third-order valence-electron chi connectivity index (χ3n) is 2.63. The summed E-state index contributed by atoms with van der Waals surface area (Å²) >= 11 is 1.72. The van der Waals surface area contributed by atoms with Gasteiger partial charge in [0.15, 0.2) is 0 Å². The molecule has 5 heteroatoms. The molecule has 0 spiro atoms. The smallest absolute Gasteiger partial charge is 0.237 e. The lowest BCUT2D eigenvalue weighted by atomic mass is 9.94. The van der Waals surface area contributed by atoms with Crippen LogP contribution in [0.3, 0.4) is 0 Å². The van der Waals surface area contributed by atoms with Crippen LogP contribution < -0.4 is 11.1 Å². The van der Waals surface area contributed by atoms with Crippen molar-refractivity contribution in [1.29, 1.82) is 0 Å². The lowest BCUT2D eigenvalue weighted by Crippen LogP contribution is -2.55. The van der Waals surface area contributed by atoms with Gasteiger partial charge in [-0.2, -0.15) is 11.8 Å². The van der Waals surface area contributed by atoms with Crippen LogP contribution in [0, 0.1) is 0 Å². The predicted octanol–water partition coefficient (Wildman–Crippen LogP) is 1.12. The number of hydrogen-bond acceptors (Lipinski definition) is 4. The van der Waals surface area contributed by atoms with Gasteiger partial charge in [-0.05, 0) is 39.4 Å². The first-order valence-corrected chi connectivity index (χ1v) is 7.16. The lowest BCUT2D eigenvalue weighted by molar-refractivity contribution is -0.124. The number of hydrogen-bond donors (Lipinski definition) is 3. The first kappa shape index (κ1) is 16.7. The minimum absolute atomic E-state index is 0.196. The summed E-state index contributed by atoms with van der Waals surface area (Å²) in [5.74, 6) is 0.635. The Morgan fingerprint density at radius 3 is 2.47 bits per heavy atom. The van der Waals surface area contributed by atoms with E-state index in [9.17, 15) is 4.79 Å². The quantitative estimate of drug-likeness (QED) is 0.544. The van der Waals surface area contributed by atoms with E-state index < -0.39 is 5.54 Å². The topological polar surface area (TPSA) is 75.3 Å². The number of thioether (sulfide) groups is 1. The number of primary amides is 1. The molecular formula is C12H26N2O2S. The zero-order chi connectivity index (χ0) is 13.5. The van der Waals surface area contributed by atoms with Gasteiger partial charge in [0.1, 0.15) is 0 Å². The highest BCUT2D eigenvalue weighted by molar-refractivity contribution is 7.99. The Hall–Kier alpha value is -0.260. The molecule has 2 atom stereocenters. The van der Waals surface area contributed by atoms with Crippen LogP contribution in [0.1, 0.15) is 40.5 Å². The fourth-order valence-corrected chi connectivity index (χ4v) is 2.49. The molecule has 0 aromatic carbocycles. The number of aliphatic hydroxyl groups excluding tert-OH is 1. The van der Waals surface area contributed by atoms with Crippen LogP contribution in [0.4, 0.5) is 0 Å². The Balaban J connectivity index is 4.06. The number of carbonyl (C=O) groups is 1. The van der Waals surface area contributed by atoms with Gasteiger partial charge in [-0.15, -0.1) is 0 Å². The molecule has 0 aromatic heterocycles. The first-order valence-electron chi connectivity index (χ1n) is 6.12. The molecule has 0 saturated heterocycles. The second-order valence-electron chi connectivity index (χ2n) is 4.96. The van der Waals surface area contributed by atoms with E-state index in [-0.39, 0.29) is 23.8 Å². The van der Waals surface area contributed by atoms with E-state index >= 15 is 0 Å². The molecule has 0 aliphatic heterocycles. The molecule has 0 aliphatic rings. The molecule has 0 bridgehead atoms. The maximum Gasteiger partial charge on any atom is 0.237 e. The molecule has 1 amide bonds. The molecule has 4 N–H and O–H groups in total. The zero-order valence-corrected chi connectivity index (χ0v) is 12.1. The van der Waals surface area contributed by atoms with Crippen molar-refractivity contribution in [3.05, 3.63) is 0 Å². The molecule has 0 aliphatic carbocycles. The molecule has 4 nitrogen and oxygen atoms in total. The summed E-state index contributed by atoms with van der Waals surface area (Å²) in [5.41, 5.74) is 4.81. The SMILES string of the molecule is CC(C)NC(C)(CCCSC(C)CO)C(N)=O. The maximum atomic E-state index is 11.5. The summed E-state index contributed by atoms with van der Waals surface area (Å²) in [7, 11) is 0. The second kappa shape index (κ2) is 7.95. The standard InChI is InChI=1S/C12H26N2O2S/c1-9(2)14-12(4,11(13)16)6-5-7-17-10(3)8-15/h9-10,14-15H,5-8H2,1-4H3,(H2,13,16). The van der Waals surface area contributed by atoms with Crippen LogP contribution in [0.2, 0.25) is 0 Å². The summed E-state index contributed by atoms with van der Waals surface area (Å²) in [6.45, 7) is 8.05. The minimum atomic E-state index is -0.628. The van der Waals surface area contributed by atoms with Gasteiger partial charge in [0.05, 0.1) is 12.1 Å². The van der Waals surface area contributed by atoms with Crippen molar-refractivity contribution in [3.63, 3.8) is 0 Å². The zero-order valence-electron chi connectivity index (χ0n) is 11.3. The van der Waals surface area contributed by atoms with Gasteiger partial charge in [-0.25, -0.2) is 0 Å². The van der Waals surface area contributed by atoms with Crippen LogP contribution in [0.15, 0.2) is 0 Å². The van der Waals surface area contributed by atoms with Gasteiger partial charge in [0.25, 0.3) is 0 Å². The van der Waals surface area contributed by atoms with Crippen molar-refractivity contribution in [1.82, 2.24) is 5.32 Å². The van der Waals surface area contributed by atoms with Crippen molar-refractivity contribution in [2.75, 3.05) is 12.4 Å². The van der Waals surface area contributed by atoms with Gasteiger partial charge >= 0.3 is 0 Å². The van der Waals surface area contributed by atoms with E-state index in [1.54, 1.807) is 11.8 Å². The summed E-state index contributed by atoms with van der Waals surface area (Å²) in [6, 6.07) is 0.233. The normalized spacial score (nSPS) is 16.8. The average Bonchev–Trinajstić information content (AvgIpc) is 2.22. The van der Waals surface area contributed by atoms with Gasteiger partial charge in [0, 0.05) is 11.3 Å². The van der Waals surface area contributed by atoms with Gasteiger partial charge in [0.2, 0.25) is 5.91 Å². The molecule has 17 heavy (non-hydrogen) atoms. The lowest BCUT2D eigenvalue weighted by Gasteiger charge is -2.30. The van der Waals surface area contributed by atoms with E-state index in [0.717, 1.165) is 18.6 Å². The van der Waals surface area contributed by atoms with E-state index in [1.807, 2.05) is 27.7 Å². The predicted molar refractivity (Wildman–Crippen MR) is 74.1 cm³/mol. The Labute approximate surface area is 109 Å². The van der Waals surface area contributed by atoms with Crippen molar-refractivity contribution in [2.45, 2.75) is 57.4 Å². The number of carbonyl (C=O) groups excluding carboxylic acids is 1. The van der Waals surface area contributed by atoms with Crippen LogP contribution in [0.25, 0.3) is 0 Å². The van der Waals surface area contributed by atoms with Crippen LogP contribution >= 0.6 is 11.8 Å². The summed E-state index contributed by atoms with van der Waals surface area (Å²) < 4.78 is 0. The molecule has 0 fully saturated rings. The average molecular weight is 262 g/mol. The second-order valence-corrected chi connectivity index (χ2v) is 6.51. The van der Waals surface area contributed by atoms with Gasteiger partial charge < -0.3 is 16.2 Å². The van der Waals surface area contributed by atoms with Crippen LogP contribution in [-0.2, 0) is 4.79 Å². The number of nitrogens with two attached hydrogens (primary N) is 1. The van der Waals surface area contributed by atoms with E-state index in [1.165, 1.54) is 0 Å². The largest absolute Gasteiger partial charge is 0.395 e. The van der Waals surface area contributed by atoms with Crippen molar-refractivity contribution >= 4 is 17.7 Å². The summed E-state index contributed by atoms with van der Waals surface area (Å²) in [5, 5.41) is 12.4. The van der Waals surface area contributed by atoms with Crippen molar-refractivity contribution in [3.8, 4) is 0 Å². The van der Waals surface area contributed by atoms with Gasteiger partial charge in [-0.1, -0.05) is 6.92 Å². The number of nitrogens with one attached hydrogen (secondary N) is 1. The molecule has 0 saturated carbocycles. The number of rotatable bonds is 9. The molecule has 102 valence electrons. The van der Waals surface area contributed by atoms with E-state index in [2.05, 4.69) is 5.32 Å².